The number of primary amides is 1. The summed E-state index contributed by atoms with van der Waals surface area (Å²) in [5.41, 5.74) is 6.68. The number of carbonyl (C=O) groups is 3. The molecular formula is C18H18N2O5S. The minimum Gasteiger partial charge on any atom is -0.507 e. The Morgan fingerprint density at radius 1 is 1.27 bits per heavy atom. The van der Waals surface area contributed by atoms with Gasteiger partial charge in [0, 0.05) is 4.88 Å². The summed E-state index contributed by atoms with van der Waals surface area (Å²) < 4.78 is 5.11. The maximum absolute atomic E-state index is 12.4. The van der Waals surface area contributed by atoms with Gasteiger partial charge in [0.05, 0.1) is 5.56 Å². The molecule has 1 aliphatic carbocycles. The number of aromatic hydroxyl groups is 1. The Bertz CT molecular complexity index is 890. The number of hydrogen-bond donors (Lipinski definition) is 3. The van der Waals surface area contributed by atoms with Crippen LogP contribution in [-0.4, -0.2) is 29.0 Å². The first-order chi connectivity index (χ1) is 12.4. The van der Waals surface area contributed by atoms with Gasteiger partial charge in [-0.05, 0) is 43.9 Å². The molecule has 7 nitrogen and oxygen atoms in total. The van der Waals surface area contributed by atoms with Crippen LogP contribution >= 0.6 is 11.3 Å². The SMILES string of the molecule is CC(OC(=O)c1ccccc1O)C(=O)Nc1sc2c(c1C(N)=O)CCC2. The van der Waals surface area contributed by atoms with Crippen molar-refractivity contribution in [3.05, 3.63) is 45.8 Å². The maximum atomic E-state index is 12.4. The van der Waals surface area contributed by atoms with Crippen LogP contribution in [0, 0.1) is 0 Å². The summed E-state index contributed by atoms with van der Waals surface area (Å²) in [5.74, 6) is -2.19. The molecule has 0 fully saturated rings. The van der Waals surface area contributed by atoms with Gasteiger partial charge < -0.3 is 20.9 Å². The second-order valence-corrected chi connectivity index (χ2v) is 7.08. The molecule has 8 heteroatoms. The first kappa shape index (κ1) is 17.9. The van der Waals surface area contributed by atoms with Crippen molar-refractivity contribution in [2.75, 3.05) is 5.32 Å². The molecule has 0 saturated heterocycles. The molecule has 1 unspecified atom stereocenters. The molecule has 1 atom stereocenters. The normalized spacial score (nSPS) is 13.7. The summed E-state index contributed by atoms with van der Waals surface area (Å²) in [5, 5.41) is 12.7. The van der Waals surface area contributed by atoms with Gasteiger partial charge >= 0.3 is 5.97 Å². The summed E-state index contributed by atoms with van der Waals surface area (Å²) >= 11 is 1.33. The van der Waals surface area contributed by atoms with Crippen LogP contribution in [0.2, 0.25) is 0 Å². The van der Waals surface area contributed by atoms with Crippen LogP contribution in [-0.2, 0) is 22.4 Å². The highest BCUT2D eigenvalue weighted by Gasteiger charge is 2.28. The number of amides is 2. The average Bonchev–Trinajstić information content (AvgIpc) is 3.15. The number of thiophene rings is 1. The number of esters is 1. The van der Waals surface area contributed by atoms with Gasteiger partial charge in [0.15, 0.2) is 6.10 Å². The molecule has 1 aliphatic rings. The Morgan fingerprint density at radius 3 is 2.69 bits per heavy atom. The number of phenolic OH excluding ortho intramolecular Hbond substituents is 1. The second kappa shape index (κ2) is 7.17. The molecule has 1 heterocycles. The first-order valence-corrected chi connectivity index (χ1v) is 8.94. The molecule has 1 aromatic carbocycles. The number of ether oxygens (including phenoxy) is 1. The molecule has 1 aromatic heterocycles. The number of hydrogen-bond acceptors (Lipinski definition) is 6. The van der Waals surface area contributed by atoms with Gasteiger partial charge in [0.25, 0.3) is 11.8 Å². The van der Waals surface area contributed by atoms with Gasteiger partial charge in [-0.2, -0.15) is 0 Å². The van der Waals surface area contributed by atoms with E-state index in [1.807, 2.05) is 0 Å². The average molecular weight is 374 g/mol. The molecule has 136 valence electrons. The number of anilines is 1. The van der Waals surface area contributed by atoms with Crippen molar-refractivity contribution in [3.63, 3.8) is 0 Å². The Kier molecular flexibility index (Phi) is 4.94. The lowest BCUT2D eigenvalue weighted by Gasteiger charge is -2.14. The van der Waals surface area contributed by atoms with Gasteiger partial charge in [-0.1, -0.05) is 12.1 Å². The lowest BCUT2D eigenvalue weighted by Crippen LogP contribution is -2.30. The lowest BCUT2D eigenvalue weighted by molar-refractivity contribution is -0.123. The molecule has 0 bridgehead atoms. The van der Waals surface area contributed by atoms with Crippen molar-refractivity contribution in [2.24, 2.45) is 5.73 Å². The molecule has 4 N–H and O–H groups in total. The number of para-hydroxylation sites is 1. The van der Waals surface area contributed by atoms with Crippen molar-refractivity contribution in [1.29, 1.82) is 0 Å². The number of fused-ring (bicyclic) bond motifs is 1. The van der Waals surface area contributed by atoms with Gasteiger partial charge in [-0.25, -0.2) is 4.79 Å². The fraction of sp³-hybridized carbons (Fsp3) is 0.278. The number of nitrogens with two attached hydrogens (primary N) is 1. The fourth-order valence-corrected chi connectivity index (χ4v) is 4.19. The molecular weight excluding hydrogens is 356 g/mol. The fourth-order valence-electron chi connectivity index (χ4n) is 2.89. The number of carbonyl (C=O) groups excluding carboxylic acids is 3. The summed E-state index contributed by atoms with van der Waals surface area (Å²) in [6.07, 6.45) is 1.47. The van der Waals surface area contributed by atoms with Gasteiger partial charge in [-0.15, -0.1) is 11.3 Å². The summed E-state index contributed by atoms with van der Waals surface area (Å²) in [4.78, 5) is 37.3. The molecule has 2 aromatic rings. The van der Waals surface area contributed by atoms with Gasteiger partial charge in [0.2, 0.25) is 0 Å². The maximum Gasteiger partial charge on any atom is 0.342 e. The smallest absolute Gasteiger partial charge is 0.342 e. The van der Waals surface area contributed by atoms with E-state index in [9.17, 15) is 19.5 Å². The van der Waals surface area contributed by atoms with Crippen molar-refractivity contribution in [3.8, 4) is 5.75 Å². The highest BCUT2D eigenvalue weighted by atomic mass is 32.1. The van der Waals surface area contributed by atoms with E-state index in [2.05, 4.69) is 5.32 Å². The van der Waals surface area contributed by atoms with Crippen molar-refractivity contribution in [2.45, 2.75) is 32.3 Å². The van der Waals surface area contributed by atoms with E-state index in [4.69, 9.17) is 10.5 Å². The second-order valence-electron chi connectivity index (χ2n) is 5.98. The van der Waals surface area contributed by atoms with Gasteiger partial charge in [0.1, 0.15) is 16.3 Å². The minimum absolute atomic E-state index is 0.0277. The summed E-state index contributed by atoms with van der Waals surface area (Å²) in [7, 11) is 0. The van der Waals surface area contributed by atoms with Crippen molar-refractivity contribution < 1.29 is 24.2 Å². The summed E-state index contributed by atoms with van der Waals surface area (Å²) in [6, 6.07) is 5.90. The molecule has 0 saturated carbocycles. The van der Waals surface area contributed by atoms with Gasteiger partial charge in [-0.3, -0.25) is 9.59 Å². The largest absolute Gasteiger partial charge is 0.507 e. The van der Waals surface area contributed by atoms with Crippen LogP contribution in [0.25, 0.3) is 0 Å². The Hall–Kier alpha value is -2.87. The molecule has 0 radical (unpaired) electrons. The Morgan fingerprint density at radius 2 is 2.00 bits per heavy atom. The third-order valence-corrected chi connectivity index (χ3v) is 5.39. The van der Waals surface area contributed by atoms with Crippen molar-refractivity contribution >= 4 is 34.1 Å². The van der Waals surface area contributed by atoms with E-state index in [-0.39, 0.29) is 11.3 Å². The lowest BCUT2D eigenvalue weighted by atomic mass is 10.1. The van der Waals surface area contributed by atoms with Crippen LogP contribution in [0.3, 0.4) is 0 Å². The standard InChI is InChI=1S/C18H18N2O5S/c1-9(25-18(24)10-5-2-3-7-12(10)21)16(23)20-17-14(15(19)22)11-6-4-8-13(11)26-17/h2-3,5,7,9,21H,4,6,8H2,1H3,(H2,19,22)(H,20,23). The van der Waals surface area contributed by atoms with Crippen LogP contribution in [0.15, 0.2) is 24.3 Å². The van der Waals surface area contributed by atoms with E-state index in [1.54, 1.807) is 12.1 Å². The van der Waals surface area contributed by atoms with E-state index < -0.39 is 23.9 Å². The predicted octanol–water partition coefficient (Wildman–Crippen LogP) is 2.23. The van der Waals surface area contributed by atoms with E-state index >= 15 is 0 Å². The third-order valence-electron chi connectivity index (χ3n) is 4.18. The molecule has 26 heavy (non-hydrogen) atoms. The quantitative estimate of drug-likeness (QED) is 0.694. The number of benzene rings is 1. The predicted molar refractivity (Wildman–Crippen MR) is 96.5 cm³/mol. The Labute approximate surface area is 153 Å². The summed E-state index contributed by atoms with van der Waals surface area (Å²) in [6.45, 7) is 1.42. The molecule has 0 aliphatic heterocycles. The van der Waals surface area contributed by atoms with Crippen LogP contribution < -0.4 is 11.1 Å². The minimum atomic E-state index is -1.11. The zero-order valence-electron chi connectivity index (χ0n) is 14.1. The first-order valence-electron chi connectivity index (χ1n) is 8.12. The number of rotatable bonds is 5. The zero-order chi connectivity index (χ0) is 18.8. The number of phenols is 1. The topological polar surface area (TPSA) is 119 Å². The number of nitrogens with one attached hydrogen (secondary N) is 1. The highest BCUT2D eigenvalue weighted by Crippen LogP contribution is 2.38. The monoisotopic (exact) mass is 374 g/mol. The van der Waals surface area contributed by atoms with Crippen molar-refractivity contribution in [1.82, 2.24) is 0 Å². The molecule has 2 amide bonds. The van der Waals surface area contributed by atoms with E-state index in [0.717, 1.165) is 29.7 Å². The Balaban J connectivity index is 1.72. The molecule has 0 spiro atoms. The van der Waals surface area contributed by atoms with Crippen LogP contribution in [0.5, 0.6) is 5.75 Å². The van der Waals surface area contributed by atoms with E-state index in [0.29, 0.717) is 10.6 Å². The van der Waals surface area contributed by atoms with Crippen LogP contribution in [0.4, 0.5) is 5.00 Å². The van der Waals surface area contributed by atoms with E-state index in [1.165, 1.54) is 30.4 Å². The highest BCUT2D eigenvalue weighted by molar-refractivity contribution is 7.17. The third kappa shape index (κ3) is 3.41. The molecule has 3 rings (SSSR count). The zero-order valence-corrected chi connectivity index (χ0v) is 14.9. The van der Waals surface area contributed by atoms with Crippen LogP contribution in [0.1, 0.15) is 44.5 Å². The number of aryl methyl sites for hydroxylation is 1.